The van der Waals surface area contributed by atoms with Gasteiger partial charge in [-0.05, 0) is 12.8 Å². The van der Waals surface area contributed by atoms with E-state index >= 15 is 0 Å². The Morgan fingerprint density at radius 1 is 1.31 bits per heavy atom. The molecule has 1 aliphatic rings. The van der Waals surface area contributed by atoms with E-state index in [2.05, 4.69) is 4.72 Å². The number of hydrogen-bond donors (Lipinski definition) is 1. The summed E-state index contributed by atoms with van der Waals surface area (Å²) in [5.74, 6) is -0.0777. The number of sulfonamides is 1. The van der Waals surface area contributed by atoms with Crippen molar-refractivity contribution in [2.45, 2.75) is 18.1 Å². The summed E-state index contributed by atoms with van der Waals surface area (Å²) < 4.78 is 52.9. The Bertz CT molecular complexity index is 400. The highest BCUT2D eigenvalue weighted by Crippen LogP contribution is 2.18. The van der Waals surface area contributed by atoms with Crippen molar-refractivity contribution in [3.05, 3.63) is 0 Å². The quantitative estimate of drug-likeness (QED) is 0.657. The molecule has 0 aromatic heterocycles. The molecule has 0 spiro atoms. The number of sulfone groups is 1. The van der Waals surface area contributed by atoms with Crippen LogP contribution in [0.25, 0.3) is 0 Å². The number of rotatable bonds is 5. The minimum Gasteiger partial charge on any atom is -0.383 e. The van der Waals surface area contributed by atoms with Crippen LogP contribution in [0.4, 0.5) is 0 Å². The maximum absolute atomic E-state index is 11.7. The highest BCUT2D eigenvalue weighted by molar-refractivity contribution is 7.92. The standard InChI is InChI=1S/C8H17NO5S2/c1-14-5-4-9-16(12,13)8-2-6-15(10,11)7-3-8/h8-9H,2-7H2,1H3. The first-order valence-electron chi connectivity index (χ1n) is 5.05. The SMILES string of the molecule is COCCNS(=O)(=O)C1CCS(=O)(=O)CC1. The third kappa shape index (κ3) is 4.00. The molecular formula is C8H17NO5S2. The molecule has 1 heterocycles. The van der Waals surface area contributed by atoms with Crippen molar-refractivity contribution in [3.63, 3.8) is 0 Å². The number of methoxy groups -OCH3 is 1. The molecule has 96 valence electrons. The molecule has 0 aromatic rings. The van der Waals surface area contributed by atoms with Gasteiger partial charge < -0.3 is 4.74 Å². The smallest absolute Gasteiger partial charge is 0.214 e. The minimum absolute atomic E-state index is 0.0388. The summed E-state index contributed by atoms with van der Waals surface area (Å²) in [6, 6.07) is 0. The van der Waals surface area contributed by atoms with Gasteiger partial charge in [0.15, 0.2) is 0 Å². The van der Waals surface area contributed by atoms with Crippen molar-refractivity contribution >= 4 is 19.9 Å². The highest BCUT2D eigenvalue weighted by atomic mass is 32.2. The van der Waals surface area contributed by atoms with Gasteiger partial charge in [-0.15, -0.1) is 0 Å². The summed E-state index contributed by atoms with van der Waals surface area (Å²) in [6.45, 7) is 0.534. The number of hydrogen-bond acceptors (Lipinski definition) is 5. The lowest BCUT2D eigenvalue weighted by molar-refractivity contribution is 0.204. The molecule has 0 radical (unpaired) electrons. The predicted molar refractivity (Wildman–Crippen MR) is 60.5 cm³/mol. The molecule has 0 aliphatic carbocycles. The van der Waals surface area contributed by atoms with Crippen LogP contribution in [0.2, 0.25) is 0 Å². The largest absolute Gasteiger partial charge is 0.383 e. The van der Waals surface area contributed by atoms with Gasteiger partial charge in [0.1, 0.15) is 9.84 Å². The van der Waals surface area contributed by atoms with Crippen molar-refractivity contribution in [1.29, 1.82) is 0 Å². The Morgan fingerprint density at radius 3 is 2.38 bits per heavy atom. The van der Waals surface area contributed by atoms with Crippen LogP contribution in [0, 0.1) is 0 Å². The van der Waals surface area contributed by atoms with Crippen LogP contribution >= 0.6 is 0 Å². The van der Waals surface area contributed by atoms with E-state index in [1.165, 1.54) is 7.11 Å². The van der Waals surface area contributed by atoms with Gasteiger partial charge in [0.05, 0.1) is 23.4 Å². The average molecular weight is 271 g/mol. The first-order chi connectivity index (χ1) is 7.37. The lowest BCUT2D eigenvalue weighted by Gasteiger charge is -2.22. The molecule has 8 heteroatoms. The molecule has 0 saturated carbocycles. The summed E-state index contributed by atoms with van der Waals surface area (Å²) in [5, 5.41) is -0.590. The van der Waals surface area contributed by atoms with Crippen LogP contribution in [-0.4, -0.2) is 53.9 Å². The van der Waals surface area contributed by atoms with Crippen molar-refractivity contribution in [2.75, 3.05) is 31.8 Å². The molecule has 0 unspecified atom stereocenters. The van der Waals surface area contributed by atoms with E-state index in [0.29, 0.717) is 6.61 Å². The third-order valence-electron chi connectivity index (χ3n) is 2.55. The molecule has 1 aliphatic heterocycles. The fraction of sp³-hybridized carbons (Fsp3) is 1.00. The fourth-order valence-electron chi connectivity index (χ4n) is 1.58. The average Bonchev–Trinajstić information content (AvgIpc) is 2.17. The number of nitrogens with one attached hydrogen (secondary N) is 1. The van der Waals surface area contributed by atoms with Crippen molar-refractivity contribution in [1.82, 2.24) is 4.72 Å². The molecule has 1 saturated heterocycles. The van der Waals surface area contributed by atoms with Gasteiger partial charge in [-0.1, -0.05) is 0 Å². The van der Waals surface area contributed by atoms with E-state index in [0.717, 1.165) is 0 Å². The molecule has 1 fully saturated rings. The monoisotopic (exact) mass is 271 g/mol. The van der Waals surface area contributed by atoms with E-state index in [1.807, 2.05) is 0 Å². The van der Waals surface area contributed by atoms with E-state index in [9.17, 15) is 16.8 Å². The second-order valence-corrected chi connectivity index (χ2v) is 8.13. The molecule has 0 bridgehead atoms. The number of ether oxygens (including phenoxy) is 1. The summed E-state index contributed by atoms with van der Waals surface area (Å²) in [6.07, 6.45) is 0.370. The van der Waals surface area contributed by atoms with E-state index < -0.39 is 25.1 Å². The van der Waals surface area contributed by atoms with E-state index in [-0.39, 0.29) is 30.9 Å². The topological polar surface area (TPSA) is 89.5 Å². The highest BCUT2D eigenvalue weighted by Gasteiger charge is 2.32. The van der Waals surface area contributed by atoms with Gasteiger partial charge in [-0.25, -0.2) is 21.6 Å². The lowest BCUT2D eigenvalue weighted by atomic mass is 10.2. The summed E-state index contributed by atoms with van der Waals surface area (Å²) in [4.78, 5) is 0. The molecule has 1 N–H and O–H groups in total. The summed E-state index contributed by atoms with van der Waals surface area (Å²) in [5.41, 5.74) is 0. The minimum atomic E-state index is -3.40. The van der Waals surface area contributed by atoms with Crippen LogP contribution in [0.1, 0.15) is 12.8 Å². The van der Waals surface area contributed by atoms with Crippen LogP contribution in [0.5, 0.6) is 0 Å². The lowest BCUT2D eigenvalue weighted by Crippen LogP contribution is -2.40. The third-order valence-corrected chi connectivity index (χ3v) is 6.22. The maximum atomic E-state index is 11.7. The molecule has 0 aromatic carbocycles. The molecular weight excluding hydrogens is 254 g/mol. The second kappa shape index (κ2) is 5.44. The molecule has 6 nitrogen and oxygen atoms in total. The van der Waals surface area contributed by atoms with Gasteiger partial charge in [0.25, 0.3) is 0 Å². The molecule has 0 atom stereocenters. The zero-order chi connectivity index (χ0) is 12.2. The van der Waals surface area contributed by atoms with Crippen LogP contribution in [0.15, 0.2) is 0 Å². The normalized spacial score (nSPS) is 22.1. The summed E-state index contributed by atoms with van der Waals surface area (Å²) >= 11 is 0. The Balaban J connectivity index is 2.52. The molecule has 0 amide bonds. The van der Waals surface area contributed by atoms with Crippen LogP contribution < -0.4 is 4.72 Å². The Morgan fingerprint density at radius 2 is 1.88 bits per heavy atom. The van der Waals surface area contributed by atoms with Gasteiger partial charge >= 0.3 is 0 Å². The van der Waals surface area contributed by atoms with Gasteiger partial charge in [-0.3, -0.25) is 0 Å². The van der Waals surface area contributed by atoms with E-state index in [1.54, 1.807) is 0 Å². The van der Waals surface area contributed by atoms with E-state index in [4.69, 9.17) is 4.74 Å². The Hall–Kier alpha value is -0.180. The maximum Gasteiger partial charge on any atom is 0.214 e. The van der Waals surface area contributed by atoms with Crippen LogP contribution in [0.3, 0.4) is 0 Å². The van der Waals surface area contributed by atoms with Gasteiger partial charge in [0.2, 0.25) is 10.0 Å². The van der Waals surface area contributed by atoms with Gasteiger partial charge in [-0.2, -0.15) is 0 Å². The van der Waals surface area contributed by atoms with Gasteiger partial charge in [0, 0.05) is 13.7 Å². The second-order valence-electron chi connectivity index (χ2n) is 3.78. The first kappa shape index (κ1) is 13.9. The fourth-order valence-corrected chi connectivity index (χ4v) is 4.83. The molecule has 1 rings (SSSR count). The van der Waals surface area contributed by atoms with Crippen molar-refractivity contribution in [2.24, 2.45) is 0 Å². The predicted octanol–water partition coefficient (Wildman–Crippen LogP) is -0.871. The zero-order valence-corrected chi connectivity index (χ0v) is 10.8. The Kier molecular flexibility index (Phi) is 4.72. The van der Waals surface area contributed by atoms with Crippen molar-refractivity contribution in [3.8, 4) is 0 Å². The molecule has 16 heavy (non-hydrogen) atoms. The van der Waals surface area contributed by atoms with Crippen LogP contribution in [-0.2, 0) is 24.6 Å². The first-order valence-corrected chi connectivity index (χ1v) is 8.42. The summed E-state index contributed by atoms with van der Waals surface area (Å²) in [7, 11) is -4.93. The van der Waals surface area contributed by atoms with Crippen molar-refractivity contribution < 1.29 is 21.6 Å². The Labute approximate surface area is 96.3 Å². The zero-order valence-electron chi connectivity index (χ0n) is 9.18.